The van der Waals surface area contributed by atoms with Crippen molar-refractivity contribution in [1.29, 1.82) is 0 Å². The zero-order valence-corrected chi connectivity index (χ0v) is 15.6. The highest BCUT2D eigenvalue weighted by atomic mass is 127. The number of hydrazone groups is 1. The normalized spacial score (nSPS) is 10.9. The van der Waals surface area contributed by atoms with Gasteiger partial charge in [-0.1, -0.05) is 36.4 Å². The standard InChI is InChI=1S/C19H18IN3O2/c20-16-8-10-17(11-9-16)22-18(24)12-13-19(25)23-21-14-4-7-15-5-2-1-3-6-15/h1-11,14H,12-13H2,(H,22,24)(H,23,25). The zero-order chi connectivity index (χ0) is 17.9. The van der Waals surface area contributed by atoms with E-state index in [0.717, 1.165) is 14.8 Å². The Labute approximate surface area is 160 Å². The second kappa shape index (κ2) is 10.4. The lowest BCUT2D eigenvalue weighted by Gasteiger charge is -2.04. The molecular weight excluding hydrogens is 429 g/mol. The number of benzene rings is 2. The monoisotopic (exact) mass is 447 g/mol. The van der Waals surface area contributed by atoms with E-state index in [-0.39, 0.29) is 24.7 Å². The highest BCUT2D eigenvalue weighted by Crippen LogP contribution is 2.11. The van der Waals surface area contributed by atoms with Crippen molar-refractivity contribution >= 4 is 52.4 Å². The van der Waals surface area contributed by atoms with Crippen LogP contribution in [0.3, 0.4) is 0 Å². The minimum atomic E-state index is -0.304. The molecule has 0 aliphatic carbocycles. The lowest BCUT2D eigenvalue weighted by atomic mass is 10.2. The molecule has 0 aromatic heterocycles. The Morgan fingerprint density at radius 3 is 2.36 bits per heavy atom. The molecule has 2 rings (SSSR count). The van der Waals surface area contributed by atoms with E-state index in [4.69, 9.17) is 0 Å². The van der Waals surface area contributed by atoms with Crippen molar-refractivity contribution in [1.82, 2.24) is 5.43 Å². The highest BCUT2D eigenvalue weighted by molar-refractivity contribution is 14.1. The second-order valence-corrected chi connectivity index (χ2v) is 6.38. The van der Waals surface area contributed by atoms with E-state index >= 15 is 0 Å². The van der Waals surface area contributed by atoms with Crippen LogP contribution in [0, 0.1) is 3.57 Å². The first-order chi connectivity index (χ1) is 12.1. The van der Waals surface area contributed by atoms with Gasteiger partial charge < -0.3 is 5.32 Å². The summed E-state index contributed by atoms with van der Waals surface area (Å²) in [6.07, 6.45) is 5.29. The average Bonchev–Trinajstić information content (AvgIpc) is 2.62. The second-order valence-electron chi connectivity index (χ2n) is 5.14. The number of hydrogen-bond donors (Lipinski definition) is 2. The zero-order valence-electron chi connectivity index (χ0n) is 13.5. The summed E-state index contributed by atoms with van der Waals surface area (Å²) >= 11 is 2.19. The van der Waals surface area contributed by atoms with Crippen LogP contribution in [0.4, 0.5) is 5.69 Å². The van der Waals surface area contributed by atoms with Gasteiger partial charge in [0, 0.05) is 28.3 Å². The number of carbonyl (C=O) groups is 2. The Hall–Kier alpha value is -2.48. The summed E-state index contributed by atoms with van der Waals surface area (Å²) in [5.41, 5.74) is 4.16. The number of anilines is 1. The van der Waals surface area contributed by atoms with Crippen molar-refractivity contribution in [2.45, 2.75) is 12.8 Å². The molecule has 0 aliphatic rings. The summed E-state index contributed by atoms with van der Waals surface area (Å²) < 4.78 is 1.09. The summed E-state index contributed by atoms with van der Waals surface area (Å²) in [5, 5.41) is 6.56. The number of carbonyl (C=O) groups excluding carboxylic acids is 2. The average molecular weight is 447 g/mol. The van der Waals surface area contributed by atoms with Crippen molar-refractivity contribution in [3.05, 3.63) is 69.8 Å². The van der Waals surface area contributed by atoms with E-state index in [1.807, 2.05) is 60.7 Å². The van der Waals surface area contributed by atoms with Gasteiger partial charge in [0.15, 0.2) is 0 Å². The molecular formula is C19H18IN3O2. The summed E-state index contributed by atoms with van der Waals surface area (Å²) in [6, 6.07) is 17.2. The molecule has 128 valence electrons. The SMILES string of the molecule is O=C(CCC(=O)Nc1ccc(I)cc1)NN=CC=Cc1ccccc1. The van der Waals surface area contributed by atoms with Crippen LogP contribution in [0.2, 0.25) is 0 Å². The Balaban J connectivity index is 1.66. The maximum absolute atomic E-state index is 11.8. The predicted molar refractivity (Wildman–Crippen MR) is 109 cm³/mol. The number of allylic oxidation sites excluding steroid dienone is 1. The Kier molecular flexibility index (Phi) is 7.84. The summed E-state index contributed by atoms with van der Waals surface area (Å²) in [7, 11) is 0. The first kappa shape index (κ1) is 18.9. The van der Waals surface area contributed by atoms with Gasteiger partial charge >= 0.3 is 0 Å². The van der Waals surface area contributed by atoms with Gasteiger partial charge in [-0.3, -0.25) is 9.59 Å². The van der Waals surface area contributed by atoms with Gasteiger partial charge in [-0.25, -0.2) is 5.43 Å². The molecule has 2 aromatic carbocycles. The molecule has 0 saturated heterocycles. The van der Waals surface area contributed by atoms with Crippen LogP contribution in [-0.4, -0.2) is 18.0 Å². The van der Waals surface area contributed by atoms with Crippen molar-refractivity contribution in [3.63, 3.8) is 0 Å². The predicted octanol–water partition coefficient (Wildman–Crippen LogP) is 3.83. The summed E-state index contributed by atoms with van der Waals surface area (Å²) in [4.78, 5) is 23.4. The van der Waals surface area contributed by atoms with Crippen LogP contribution in [0.5, 0.6) is 0 Å². The van der Waals surface area contributed by atoms with Gasteiger partial charge in [0.25, 0.3) is 0 Å². The van der Waals surface area contributed by atoms with Crippen LogP contribution in [0.25, 0.3) is 6.08 Å². The fourth-order valence-corrected chi connectivity index (χ4v) is 2.27. The minimum Gasteiger partial charge on any atom is -0.326 e. The molecule has 2 N–H and O–H groups in total. The van der Waals surface area contributed by atoms with Crippen LogP contribution in [-0.2, 0) is 9.59 Å². The fourth-order valence-electron chi connectivity index (χ4n) is 1.91. The number of hydrogen-bond acceptors (Lipinski definition) is 3. The number of rotatable bonds is 7. The van der Waals surface area contributed by atoms with Gasteiger partial charge in [0.1, 0.15) is 0 Å². The van der Waals surface area contributed by atoms with Crippen LogP contribution in [0.15, 0.2) is 65.8 Å². The minimum absolute atomic E-state index is 0.0793. The van der Waals surface area contributed by atoms with Crippen LogP contribution in [0.1, 0.15) is 18.4 Å². The molecule has 5 nitrogen and oxygen atoms in total. The lowest BCUT2D eigenvalue weighted by Crippen LogP contribution is -2.20. The van der Waals surface area contributed by atoms with Crippen molar-refractivity contribution in [3.8, 4) is 0 Å². The smallest absolute Gasteiger partial charge is 0.240 e. The van der Waals surface area contributed by atoms with Crippen LogP contribution < -0.4 is 10.7 Å². The van der Waals surface area contributed by atoms with Crippen molar-refractivity contribution in [2.75, 3.05) is 5.32 Å². The van der Waals surface area contributed by atoms with Gasteiger partial charge in [0.05, 0.1) is 0 Å². The van der Waals surface area contributed by atoms with E-state index < -0.39 is 0 Å². The fraction of sp³-hybridized carbons (Fsp3) is 0.105. The van der Waals surface area contributed by atoms with Gasteiger partial charge in [-0.15, -0.1) is 0 Å². The maximum Gasteiger partial charge on any atom is 0.240 e. The van der Waals surface area contributed by atoms with E-state index in [1.165, 1.54) is 6.21 Å². The molecule has 0 heterocycles. The van der Waals surface area contributed by atoms with E-state index in [2.05, 4.69) is 38.4 Å². The van der Waals surface area contributed by atoms with Crippen molar-refractivity contribution < 1.29 is 9.59 Å². The molecule has 0 atom stereocenters. The van der Waals surface area contributed by atoms with Crippen LogP contribution >= 0.6 is 22.6 Å². The molecule has 25 heavy (non-hydrogen) atoms. The highest BCUT2D eigenvalue weighted by Gasteiger charge is 2.06. The topological polar surface area (TPSA) is 70.6 Å². The maximum atomic E-state index is 11.8. The largest absolute Gasteiger partial charge is 0.326 e. The number of amides is 2. The van der Waals surface area contributed by atoms with E-state index in [1.54, 1.807) is 6.08 Å². The van der Waals surface area contributed by atoms with E-state index in [0.29, 0.717) is 0 Å². The van der Waals surface area contributed by atoms with Gasteiger partial charge in [0.2, 0.25) is 11.8 Å². The third-order valence-electron chi connectivity index (χ3n) is 3.15. The van der Waals surface area contributed by atoms with Gasteiger partial charge in [-0.2, -0.15) is 5.10 Å². The molecule has 0 radical (unpaired) electrons. The van der Waals surface area contributed by atoms with Gasteiger partial charge in [-0.05, 0) is 58.5 Å². The molecule has 0 aliphatic heterocycles. The van der Waals surface area contributed by atoms with Crippen molar-refractivity contribution in [2.24, 2.45) is 5.10 Å². The molecule has 2 aromatic rings. The number of nitrogens with zero attached hydrogens (tertiary/aromatic N) is 1. The molecule has 0 fully saturated rings. The molecule has 6 heteroatoms. The number of halogens is 1. The molecule has 2 amide bonds. The first-order valence-corrected chi connectivity index (χ1v) is 8.80. The molecule has 0 spiro atoms. The Morgan fingerprint density at radius 2 is 1.64 bits per heavy atom. The number of nitrogens with one attached hydrogen (secondary N) is 2. The third-order valence-corrected chi connectivity index (χ3v) is 3.86. The molecule has 0 bridgehead atoms. The molecule has 0 saturated carbocycles. The Bertz CT molecular complexity index is 756. The summed E-state index contributed by atoms with van der Waals surface area (Å²) in [6.45, 7) is 0. The third kappa shape index (κ3) is 7.75. The molecule has 0 unspecified atom stereocenters. The lowest BCUT2D eigenvalue weighted by molar-refractivity contribution is -0.124. The summed E-state index contributed by atoms with van der Waals surface area (Å²) in [5.74, 6) is -0.508. The quantitative estimate of drug-likeness (QED) is 0.385. The van der Waals surface area contributed by atoms with E-state index in [9.17, 15) is 9.59 Å². The Morgan fingerprint density at radius 1 is 0.960 bits per heavy atom. The first-order valence-electron chi connectivity index (χ1n) is 7.72.